The van der Waals surface area contributed by atoms with E-state index in [1.54, 1.807) is 11.3 Å². The predicted molar refractivity (Wildman–Crippen MR) is 135 cm³/mol. The molecule has 0 bridgehead atoms. The van der Waals surface area contributed by atoms with Gasteiger partial charge in [-0.3, -0.25) is 14.6 Å². The number of nitrogens with zero attached hydrogens (tertiary/aromatic N) is 3. The van der Waals surface area contributed by atoms with E-state index in [0.29, 0.717) is 17.3 Å². The van der Waals surface area contributed by atoms with Crippen molar-refractivity contribution in [3.8, 4) is 0 Å². The second-order valence-corrected chi connectivity index (χ2v) is 10.4. The van der Waals surface area contributed by atoms with Gasteiger partial charge in [-0.1, -0.05) is 29.0 Å². The molecule has 0 atom stereocenters. The van der Waals surface area contributed by atoms with Gasteiger partial charge in [0.05, 0.1) is 29.2 Å². The van der Waals surface area contributed by atoms with Gasteiger partial charge in [0.25, 0.3) is 0 Å². The van der Waals surface area contributed by atoms with Crippen molar-refractivity contribution in [3.05, 3.63) is 52.5 Å². The number of hydrogen-bond donors (Lipinski definition) is 0. The first-order valence-electron chi connectivity index (χ1n) is 10.9. The van der Waals surface area contributed by atoms with E-state index >= 15 is 0 Å². The Bertz CT molecular complexity index is 1070. The van der Waals surface area contributed by atoms with Crippen molar-refractivity contribution in [2.75, 3.05) is 50.0 Å². The fourth-order valence-corrected chi connectivity index (χ4v) is 5.66. The molecular weight excluding hydrogens is 462 g/mol. The molecular formula is C24H28ClN3O2S2. The molecule has 4 rings (SSSR count). The molecule has 1 aliphatic rings. The Morgan fingerprint density at radius 2 is 1.94 bits per heavy atom. The molecule has 1 fully saturated rings. The summed E-state index contributed by atoms with van der Waals surface area (Å²) in [7, 11) is 0. The van der Waals surface area contributed by atoms with Crippen molar-refractivity contribution in [1.29, 1.82) is 0 Å². The van der Waals surface area contributed by atoms with Gasteiger partial charge in [-0.2, -0.15) is 0 Å². The van der Waals surface area contributed by atoms with Gasteiger partial charge in [-0.05, 0) is 61.7 Å². The van der Waals surface area contributed by atoms with Crippen LogP contribution < -0.4 is 4.90 Å². The van der Waals surface area contributed by atoms with E-state index in [1.807, 2.05) is 29.2 Å². The number of aryl methyl sites for hydroxylation is 2. The molecule has 3 aromatic rings. The molecule has 32 heavy (non-hydrogen) atoms. The average molecular weight is 490 g/mol. The standard InChI is InChI=1S/C24H28ClN3O2S2/c1-17-4-9-21-23(18(17)2)26-24(32-21)28(11-3-10-27-12-14-30-15-13-27)22(29)16-31-20-7-5-19(25)6-8-20/h4-9H,3,10-16H2,1-2H3. The normalized spacial score (nSPS) is 14.7. The topological polar surface area (TPSA) is 45.7 Å². The summed E-state index contributed by atoms with van der Waals surface area (Å²) in [6, 6.07) is 11.8. The fourth-order valence-electron chi connectivity index (χ4n) is 3.69. The van der Waals surface area contributed by atoms with Crippen molar-refractivity contribution >= 4 is 56.0 Å². The molecule has 8 heteroatoms. The number of fused-ring (bicyclic) bond motifs is 1. The number of thioether (sulfide) groups is 1. The third-order valence-corrected chi connectivity index (χ3v) is 8.03. The number of rotatable bonds is 8. The highest BCUT2D eigenvalue weighted by molar-refractivity contribution is 8.00. The summed E-state index contributed by atoms with van der Waals surface area (Å²) in [6.07, 6.45) is 0.908. The first kappa shape index (κ1) is 23.5. The minimum absolute atomic E-state index is 0.0837. The first-order chi connectivity index (χ1) is 15.5. The largest absolute Gasteiger partial charge is 0.379 e. The van der Waals surface area contributed by atoms with E-state index in [1.165, 1.54) is 22.9 Å². The lowest BCUT2D eigenvalue weighted by molar-refractivity contribution is -0.116. The number of halogens is 1. The Morgan fingerprint density at radius 1 is 1.19 bits per heavy atom. The quantitative estimate of drug-likeness (QED) is 0.396. The van der Waals surface area contributed by atoms with Gasteiger partial charge in [-0.25, -0.2) is 4.98 Å². The molecule has 1 aliphatic heterocycles. The Hall–Kier alpha value is -1.64. The summed E-state index contributed by atoms with van der Waals surface area (Å²) in [5.74, 6) is 0.452. The van der Waals surface area contributed by atoms with Crippen LogP contribution in [0.3, 0.4) is 0 Å². The maximum absolute atomic E-state index is 13.3. The first-order valence-corrected chi connectivity index (χ1v) is 13.0. The van der Waals surface area contributed by atoms with Crippen LogP contribution in [0.25, 0.3) is 10.2 Å². The van der Waals surface area contributed by atoms with Gasteiger partial charge in [-0.15, -0.1) is 11.8 Å². The van der Waals surface area contributed by atoms with E-state index in [-0.39, 0.29) is 5.91 Å². The predicted octanol–water partition coefficient (Wildman–Crippen LogP) is 5.41. The second kappa shape index (κ2) is 11.0. The minimum Gasteiger partial charge on any atom is -0.379 e. The minimum atomic E-state index is 0.0837. The van der Waals surface area contributed by atoms with Crippen molar-refractivity contribution < 1.29 is 9.53 Å². The number of thiazole rings is 1. The summed E-state index contributed by atoms with van der Waals surface area (Å²) in [4.78, 5) is 23.5. The van der Waals surface area contributed by atoms with E-state index < -0.39 is 0 Å². The maximum Gasteiger partial charge on any atom is 0.239 e. The zero-order chi connectivity index (χ0) is 22.5. The van der Waals surface area contributed by atoms with Crippen molar-refractivity contribution in [1.82, 2.24) is 9.88 Å². The van der Waals surface area contributed by atoms with Crippen LogP contribution in [0.2, 0.25) is 5.02 Å². The lowest BCUT2D eigenvalue weighted by Crippen LogP contribution is -2.39. The van der Waals surface area contributed by atoms with Gasteiger partial charge in [0, 0.05) is 36.1 Å². The zero-order valence-corrected chi connectivity index (χ0v) is 20.9. The van der Waals surface area contributed by atoms with E-state index in [2.05, 4.69) is 30.9 Å². The number of aromatic nitrogens is 1. The molecule has 2 heterocycles. The Kier molecular flexibility index (Phi) is 8.07. The van der Waals surface area contributed by atoms with Gasteiger partial charge in [0.1, 0.15) is 0 Å². The maximum atomic E-state index is 13.3. The number of carbonyl (C=O) groups is 1. The molecule has 1 aromatic heterocycles. The highest BCUT2D eigenvalue weighted by Crippen LogP contribution is 2.33. The Balaban J connectivity index is 1.49. The lowest BCUT2D eigenvalue weighted by atomic mass is 10.1. The molecule has 0 unspecified atom stereocenters. The van der Waals surface area contributed by atoms with Crippen molar-refractivity contribution in [2.24, 2.45) is 0 Å². The number of morpholine rings is 1. The van der Waals surface area contributed by atoms with Crippen LogP contribution in [0, 0.1) is 13.8 Å². The number of hydrogen-bond acceptors (Lipinski definition) is 6. The number of carbonyl (C=O) groups excluding carboxylic acids is 1. The lowest BCUT2D eigenvalue weighted by Gasteiger charge is -2.27. The van der Waals surface area contributed by atoms with Crippen LogP contribution in [-0.2, 0) is 9.53 Å². The summed E-state index contributed by atoms with van der Waals surface area (Å²) in [6.45, 7) is 9.31. The van der Waals surface area contributed by atoms with Gasteiger partial charge in [0.15, 0.2) is 5.13 Å². The fraction of sp³-hybridized carbons (Fsp3) is 0.417. The number of ether oxygens (including phenoxy) is 1. The summed E-state index contributed by atoms with van der Waals surface area (Å²) in [5.41, 5.74) is 3.40. The highest BCUT2D eigenvalue weighted by atomic mass is 35.5. The van der Waals surface area contributed by atoms with Gasteiger partial charge in [0.2, 0.25) is 5.91 Å². The zero-order valence-electron chi connectivity index (χ0n) is 18.5. The highest BCUT2D eigenvalue weighted by Gasteiger charge is 2.21. The molecule has 1 amide bonds. The van der Waals surface area contributed by atoms with Crippen molar-refractivity contribution in [3.63, 3.8) is 0 Å². The number of anilines is 1. The van der Waals surface area contributed by atoms with E-state index in [0.717, 1.165) is 59.5 Å². The van der Waals surface area contributed by atoms with Gasteiger partial charge >= 0.3 is 0 Å². The third kappa shape index (κ3) is 5.83. The molecule has 1 saturated heterocycles. The Morgan fingerprint density at radius 3 is 2.69 bits per heavy atom. The third-order valence-electron chi connectivity index (χ3n) is 5.74. The average Bonchev–Trinajstić information content (AvgIpc) is 3.24. The van der Waals surface area contributed by atoms with E-state index in [9.17, 15) is 4.79 Å². The van der Waals surface area contributed by atoms with Crippen LogP contribution in [0.15, 0.2) is 41.3 Å². The van der Waals surface area contributed by atoms with E-state index in [4.69, 9.17) is 21.3 Å². The number of amides is 1. The monoisotopic (exact) mass is 489 g/mol. The van der Waals surface area contributed by atoms with Crippen LogP contribution in [0.5, 0.6) is 0 Å². The molecule has 0 N–H and O–H groups in total. The molecule has 0 saturated carbocycles. The molecule has 0 radical (unpaired) electrons. The van der Waals surface area contributed by atoms with Gasteiger partial charge < -0.3 is 4.74 Å². The molecule has 0 spiro atoms. The van der Waals surface area contributed by atoms with Crippen molar-refractivity contribution in [2.45, 2.75) is 25.2 Å². The molecule has 0 aliphatic carbocycles. The SMILES string of the molecule is Cc1ccc2sc(N(CCCN3CCOCC3)C(=O)CSc3ccc(Cl)cc3)nc2c1C. The summed E-state index contributed by atoms with van der Waals surface area (Å²) >= 11 is 9.12. The van der Waals surface area contributed by atoms with Crippen LogP contribution in [-0.4, -0.2) is 60.9 Å². The second-order valence-electron chi connectivity index (χ2n) is 7.95. The van der Waals surface area contributed by atoms with Crippen LogP contribution >= 0.6 is 34.7 Å². The Labute approximate surface area is 202 Å². The summed E-state index contributed by atoms with van der Waals surface area (Å²) < 4.78 is 6.57. The van der Waals surface area contributed by atoms with Crippen LogP contribution in [0.1, 0.15) is 17.5 Å². The number of benzene rings is 2. The molecule has 5 nitrogen and oxygen atoms in total. The smallest absolute Gasteiger partial charge is 0.239 e. The summed E-state index contributed by atoms with van der Waals surface area (Å²) in [5, 5.41) is 1.49. The molecule has 170 valence electrons. The molecule has 2 aromatic carbocycles. The van der Waals surface area contributed by atoms with Crippen LogP contribution in [0.4, 0.5) is 5.13 Å².